The minimum Gasteiger partial charge on any atom is -0.478 e. The van der Waals surface area contributed by atoms with E-state index in [9.17, 15) is 14.7 Å². The number of carbonyl (C=O) groups excluding carboxylic acids is 1. The predicted octanol–water partition coefficient (Wildman–Crippen LogP) is 2.84. The number of nitrogen functional groups attached to an aromatic ring is 1. The lowest BCUT2D eigenvalue weighted by molar-refractivity contribution is 0.0697. The summed E-state index contributed by atoms with van der Waals surface area (Å²) < 4.78 is 0. The first-order chi connectivity index (χ1) is 9.02. The first-order valence-corrected chi connectivity index (χ1v) is 5.74. The van der Waals surface area contributed by atoms with Crippen LogP contribution in [-0.2, 0) is 0 Å². The Labute approximate surface area is 110 Å². The molecule has 2 aromatic carbocycles. The van der Waals surface area contributed by atoms with Crippen LogP contribution in [0.2, 0.25) is 0 Å². The summed E-state index contributed by atoms with van der Waals surface area (Å²) in [6.07, 6.45) is 0. The Morgan fingerprint density at radius 2 is 1.63 bits per heavy atom. The van der Waals surface area contributed by atoms with Gasteiger partial charge in [0.05, 0.1) is 5.56 Å². The van der Waals surface area contributed by atoms with E-state index in [0.717, 1.165) is 0 Å². The summed E-state index contributed by atoms with van der Waals surface area (Å²) in [6, 6.07) is 11.5. The van der Waals surface area contributed by atoms with Gasteiger partial charge in [0, 0.05) is 16.8 Å². The standard InChI is InChI=1S/C15H13NO3/c1-9(17)10-5-2-3-6-11(10)14-12(15(18)19)7-4-8-13(14)16/h2-8H,16H2,1H3,(H,18,19). The van der Waals surface area contributed by atoms with Crippen molar-refractivity contribution in [1.29, 1.82) is 0 Å². The monoisotopic (exact) mass is 255 g/mol. The van der Waals surface area contributed by atoms with Crippen molar-refractivity contribution in [3.8, 4) is 11.1 Å². The Kier molecular flexibility index (Phi) is 3.33. The lowest BCUT2D eigenvalue weighted by Crippen LogP contribution is -2.05. The maximum absolute atomic E-state index is 11.6. The zero-order chi connectivity index (χ0) is 14.0. The van der Waals surface area contributed by atoms with Crippen LogP contribution in [-0.4, -0.2) is 16.9 Å². The molecule has 0 spiro atoms. The fraction of sp³-hybridized carbons (Fsp3) is 0.0667. The summed E-state index contributed by atoms with van der Waals surface area (Å²) in [7, 11) is 0. The van der Waals surface area contributed by atoms with Crippen LogP contribution in [0.25, 0.3) is 11.1 Å². The smallest absolute Gasteiger partial charge is 0.336 e. The molecule has 4 heteroatoms. The molecule has 2 rings (SSSR count). The van der Waals surface area contributed by atoms with Crippen LogP contribution < -0.4 is 5.73 Å². The summed E-state index contributed by atoms with van der Waals surface area (Å²) in [5, 5.41) is 9.24. The number of hydrogen-bond donors (Lipinski definition) is 2. The molecule has 0 atom stereocenters. The highest BCUT2D eigenvalue weighted by Gasteiger charge is 2.18. The first kappa shape index (κ1) is 12.8. The van der Waals surface area contributed by atoms with Gasteiger partial charge in [-0.05, 0) is 24.6 Å². The molecule has 0 saturated carbocycles. The van der Waals surface area contributed by atoms with Gasteiger partial charge in [0.15, 0.2) is 5.78 Å². The van der Waals surface area contributed by atoms with E-state index in [-0.39, 0.29) is 11.3 Å². The fourth-order valence-electron chi connectivity index (χ4n) is 2.06. The van der Waals surface area contributed by atoms with Crippen molar-refractivity contribution in [2.75, 3.05) is 5.73 Å². The normalized spacial score (nSPS) is 10.2. The largest absolute Gasteiger partial charge is 0.478 e. The summed E-state index contributed by atoms with van der Waals surface area (Å²) >= 11 is 0. The van der Waals surface area contributed by atoms with E-state index in [1.54, 1.807) is 36.4 Å². The Balaban J connectivity index is 2.79. The summed E-state index contributed by atoms with van der Waals surface area (Å²) in [6.45, 7) is 1.44. The van der Waals surface area contributed by atoms with Gasteiger partial charge in [-0.2, -0.15) is 0 Å². The van der Waals surface area contributed by atoms with Crippen LogP contribution in [0.1, 0.15) is 27.6 Å². The summed E-state index contributed by atoms with van der Waals surface area (Å²) in [4.78, 5) is 22.9. The zero-order valence-electron chi connectivity index (χ0n) is 10.4. The predicted molar refractivity (Wildman–Crippen MR) is 73.3 cm³/mol. The number of carboxylic acids is 1. The van der Waals surface area contributed by atoms with Crippen LogP contribution in [0.3, 0.4) is 0 Å². The fourth-order valence-corrected chi connectivity index (χ4v) is 2.06. The molecule has 0 radical (unpaired) electrons. The molecule has 0 saturated heterocycles. The molecule has 3 N–H and O–H groups in total. The quantitative estimate of drug-likeness (QED) is 0.652. The number of nitrogens with two attached hydrogens (primary N) is 1. The second kappa shape index (κ2) is 4.94. The van der Waals surface area contributed by atoms with Gasteiger partial charge in [0.25, 0.3) is 0 Å². The molecule has 4 nitrogen and oxygen atoms in total. The van der Waals surface area contributed by atoms with Crippen LogP contribution >= 0.6 is 0 Å². The highest BCUT2D eigenvalue weighted by molar-refractivity contribution is 6.06. The highest BCUT2D eigenvalue weighted by atomic mass is 16.4. The molecule has 0 aliphatic carbocycles. The van der Waals surface area contributed by atoms with Gasteiger partial charge in [-0.15, -0.1) is 0 Å². The molecular formula is C15H13NO3. The second-order valence-electron chi connectivity index (χ2n) is 4.18. The summed E-state index contributed by atoms with van der Waals surface area (Å²) in [5.41, 5.74) is 7.72. The number of ketones is 1. The van der Waals surface area contributed by atoms with E-state index in [1.165, 1.54) is 13.0 Å². The van der Waals surface area contributed by atoms with Crippen molar-refractivity contribution >= 4 is 17.4 Å². The molecule has 2 aromatic rings. The van der Waals surface area contributed by atoms with Gasteiger partial charge >= 0.3 is 5.97 Å². The maximum atomic E-state index is 11.6. The van der Waals surface area contributed by atoms with Gasteiger partial charge in [-0.1, -0.05) is 30.3 Å². The lowest BCUT2D eigenvalue weighted by Gasteiger charge is -2.12. The van der Waals surface area contributed by atoms with Crippen molar-refractivity contribution in [2.45, 2.75) is 6.92 Å². The number of rotatable bonds is 3. The first-order valence-electron chi connectivity index (χ1n) is 5.74. The molecule has 0 bridgehead atoms. The van der Waals surface area contributed by atoms with Gasteiger partial charge in [0.1, 0.15) is 0 Å². The van der Waals surface area contributed by atoms with Crippen LogP contribution in [0.15, 0.2) is 42.5 Å². The number of hydrogen-bond acceptors (Lipinski definition) is 3. The molecule has 19 heavy (non-hydrogen) atoms. The van der Waals surface area contributed by atoms with E-state index >= 15 is 0 Å². The Morgan fingerprint density at radius 3 is 2.26 bits per heavy atom. The Morgan fingerprint density at radius 1 is 1.00 bits per heavy atom. The molecule has 0 heterocycles. The minimum atomic E-state index is -1.07. The molecule has 0 amide bonds. The SMILES string of the molecule is CC(=O)c1ccccc1-c1c(N)cccc1C(=O)O. The Hall–Kier alpha value is -2.62. The average Bonchev–Trinajstić information content (AvgIpc) is 2.38. The van der Waals surface area contributed by atoms with Crippen molar-refractivity contribution in [2.24, 2.45) is 0 Å². The summed E-state index contributed by atoms with van der Waals surface area (Å²) in [5.74, 6) is -1.20. The van der Waals surface area contributed by atoms with E-state index in [2.05, 4.69) is 0 Å². The van der Waals surface area contributed by atoms with Crippen LogP contribution in [0.4, 0.5) is 5.69 Å². The molecule has 0 aliphatic rings. The number of benzene rings is 2. The number of carbonyl (C=O) groups is 2. The van der Waals surface area contributed by atoms with Crippen molar-refractivity contribution in [1.82, 2.24) is 0 Å². The van der Waals surface area contributed by atoms with Crippen molar-refractivity contribution in [3.63, 3.8) is 0 Å². The van der Waals surface area contributed by atoms with Gasteiger partial charge in [-0.3, -0.25) is 4.79 Å². The number of Topliss-reactive ketones (excluding diaryl/α,β-unsaturated/α-hetero) is 1. The topological polar surface area (TPSA) is 80.4 Å². The van der Waals surface area contributed by atoms with Crippen molar-refractivity contribution < 1.29 is 14.7 Å². The third-order valence-corrected chi connectivity index (χ3v) is 2.90. The number of carboxylic acid groups (broad SMARTS) is 1. The van der Waals surface area contributed by atoms with Gasteiger partial charge in [0.2, 0.25) is 0 Å². The molecule has 96 valence electrons. The van der Waals surface area contributed by atoms with E-state index in [0.29, 0.717) is 22.4 Å². The zero-order valence-corrected chi connectivity index (χ0v) is 10.4. The van der Waals surface area contributed by atoms with E-state index in [1.807, 2.05) is 0 Å². The molecule has 0 aliphatic heterocycles. The van der Waals surface area contributed by atoms with E-state index < -0.39 is 5.97 Å². The molecular weight excluding hydrogens is 242 g/mol. The third kappa shape index (κ3) is 2.33. The third-order valence-electron chi connectivity index (χ3n) is 2.90. The maximum Gasteiger partial charge on any atom is 0.336 e. The highest BCUT2D eigenvalue weighted by Crippen LogP contribution is 2.32. The van der Waals surface area contributed by atoms with E-state index in [4.69, 9.17) is 5.73 Å². The minimum absolute atomic E-state index is 0.0914. The molecule has 0 unspecified atom stereocenters. The van der Waals surface area contributed by atoms with Gasteiger partial charge < -0.3 is 10.8 Å². The van der Waals surface area contributed by atoms with Crippen LogP contribution in [0, 0.1) is 0 Å². The number of aromatic carboxylic acids is 1. The lowest BCUT2D eigenvalue weighted by atomic mass is 9.92. The van der Waals surface area contributed by atoms with Crippen molar-refractivity contribution in [3.05, 3.63) is 53.6 Å². The molecule has 0 aromatic heterocycles. The average molecular weight is 255 g/mol. The molecule has 0 fully saturated rings. The number of anilines is 1. The Bertz CT molecular complexity index is 662. The second-order valence-corrected chi connectivity index (χ2v) is 4.18. The van der Waals surface area contributed by atoms with Gasteiger partial charge in [-0.25, -0.2) is 4.79 Å². The van der Waals surface area contributed by atoms with Crippen LogP contribution in [0.5, 0.6) is 0 Å².